The van der Waals surface area contributed by atoms with Crippen molar-refractivity contribution in [1.29, 1.82) is 5.26 Å². The molecular formula is C15H15N3O3S. The van der Waals surface area contributed by atoms with E-state index in [0.717, 1.165) is 29.1 Å². The number of hydrogen-bond donors (Lipinski definition) is 1. The summed E-state index contributed by atoms with van der Waals surface area (Å²) in [6.07, 6.45) is 3.30. The molecule has 1 saturated carbocycles. The summed E-state index contributed by atoms with van der Waals surface area (Å²) >= 11 is 0.956. The number of fused-ring (bicyclic) bond motifs is 1. The van der Waals surface area contributed by atoms with Crippen LogP contribution in [0.2, 0.25) is 0 Å². The van der Waals surface area contributed by atoms with Gasteiger partial charge in [-0.15, -0.1) is 11.3 Å². The first-order chi connectivity index (χ1) is 10.5. The van der Waals surface area contributed by atoms with E-state index in [4.69, 9.17) is 5.73 Å². The van der Waals surface area contributed by atoms with E-state index in [1.807, 2.05) is 6.07 Å². The molecule has 2 fully saturated rings. The summed E-state index contributed by atoms with van der Waals surface area (Å²) in [5, 5.41) is 9.59. The van der Waals surface area contributed by atoms with Gasteiger partial charge in [-0.05, 0) is 25.3 Å². The second-order valence-electron chi connectivity index (χ2n) is 5.72. The molecule has 0 bridgehead atoms. The predicted octanol–water partition coefficient (Wildman–Crippen LogP) is 1.71. The normalized spacial score (nSPS) is 24.3. The number of carbonyl (C=O) groups is 3. The molecule has 1 aliphatic heterocycles. The Hall–Kier alpha value is -2.20. The minimum Gasteiger partial charge on any atom is -0.365 e. The Morgan fingerprint density at radius 1 is 1.27 bits per heavy atom. The zero-order valence-corrected chi connectivity index (χ0v) is 12.9. The number of nitrogens with two attached hydrogens (primary N) is 1. The van der Waals surface area contributed by atoms with E-state index in [1.165, 1.54) is 0 Å². The number of hydrogen-bond acceptors (Lipinski definition) is 5. The molecule has 1 aromatic heterocycles. The van der Waals surface area contributed by atoms with Gasteiger partial charge in [0.15, 0.2) is 0 Å². The van der Waals surface area contributed by atoms with Crippen molar-refractivity contribution in [2.24, 2.45) is 17.6 Å². The first kappa shape index (κ1) is 14.7. The lowest BCUT2D eigenvalue weighted by atomic mass is 9.81. The highest BCUT2D eigenvalue weighted by Crippen LogP contribution is 2.44. The second-order valence-corrected chi connectivity index (χ2v) is 6.72. The third kappa shape index (κ3) is 1.95. The molecule has 7 heteroatoms. The van der Waals surface area contributed by atoms with Crippen LogP contribution in [-0.4, -0.2) is 17.7 Å². The number of nitriles is 1. The molecule has 3 rings (SSSR count). The van der Waals surface area contributed by atoms with Crippen LogP contribution in [0.25, 0.3) is 0 Å². The quantitative estimate of drug-likeness (QED) is 0.838. The molecule has 22 heavy (non-hydrogen) atoms. The molecule has 0 aromatic carbocycles. The van der Waals surface area contributed by atoms with Crippen molar-refractivity contribution in [2.75, 3.05) is 4.90 Å². The molecule has 2 aliphatic rings. The monoisotopic (exact) mass is 317 g/mol. The number of rotatable bonds is 2. The van der Waals surface area contributed by atoms with Gasteiger partial charge in [0, 0.05) is 0 Å². The van der Waals surface area contributed by atoms with Gasteiger partial charge in [-0.3, -0.25) is 14.4 Å². The minimum absolute atomic E-state index is 0.194. The number of anilines is 1. The summed E-state index contributed by atoms with van der Waals surface area (Å²) < 4.78 is 0. The van der Waals surface area contributed by atoms with Crippen LogP contribution in [0.15, 0.2) is 0 Å². The van der Waals surface area contributed by atoms with Crippen molar-refractivity contribution < 1.29 is 14.4 Å². The van der Waals surface area contributed by atoms with Crippen LogP contribution < -0.4 is 10.6 Å². The first-order valence-corrected chi connectivity index (χ1v) is 8.00. The Labute approximate surface area is 131 Å². The summed E-state index contributed by atoms with van der Waals surface area (Å²) in [5.74, 6) is -1.71. The van der Waals surface area contributed by atoms with Gasteiger partial charge < -0.3 is 5.73 Å². The largest absolute Gasteiger partial charge is 0.365 e. The van der Waals surface area contributed by atoms with E-state index in [1.54, 1.807) is 6.92 Å². The summed E-state index contributed by atoms with van der Waals surface area (Å²) in [5.41, 5.74) is 5.94. The minimum atomic E-state index is -0.651. The van der Waals surface area contributed by atoms with E-state index in [2.05, 4.69) is 0 Å². The van der Waals surface area contributed by atoms with Crippen LogP contribution in [0.4, 0.5) is 5.00 Å². The second kappa shape index (κ2) is 5.21. The zero-order valence-electron chi connectivity index (χ0n) is 12.1. The molecule has 114 valence electrons. The Bertz CT molecular complexity index is 707. The maximum absolute atomic E-state index is 12.6. The third-order valence-electron chi connectivity index (χ3n) is 4.51. The lowest BCUT2D eigenvalue weighted by Gasteiger charge is -2.19. The van der Waals surface area contributed by atoms with Crippen LogP contribution in [0.1, 0.15) is 46.5 Å². The van der Waals surface area contributed by atoms with Gasteiger partial charge in [0.1, 0.15) is 11.1 Å². The first-order valence-electron chi connectivity index (χ1n) is 7.18. The molecule has 0 radical (unpaired) electrons. The van der Waals surface area contributed by atoms with Gasteiger partial charge in [0.2, 0.25) is 11.8 Å². The van der Waals surface area contributed by atoms with Gasteiger partial charge in [0.05, 0.1) is 22.3 Å². The molecular weight excluding hydrogens is 302 g/mol. The van der Waals surface area contributed by atoms with Crippen molar-refractivity contribution in [1.82, 2.24) is 0 Å². The van der Waals surface area contributed by atoms with E-state index in [-0.39, 0.29) is 39.1 Å². The van der Waals surface area contributed by atoms with Crippen molar-refractivity contribution in [3.63, 3.8) is 0 Å². The maximum atomic E-state index is 12.6. The highest BCUT2D eigenvalue weighted by molar-refractivity contribution is 7.18. The van der Waals surface area contributed by atoms with Gasteiger partial charge >= 0.3 is 0 Å². The lowest BCUT2D eigenvalue weighted by Crippen LogP contribution is -2.30. The summed E-state index contributed by atoms with van der Waals surface area (Å²) in [6, 6.07) is 1.99. The molecule has 0 unspecified atom stereocenters. The highest BCUT2D eigenvalue weighted by atomic mass is 32.1. The van der Waals surface area contributed by atoms with E-state index in [0.29, 0.717) is 18.4 Å². The Kier molecular flexibility index (Phi) is 3.49. The van der Waals surface area contributed by atoms with Crippen molar-refractivity contribution in [3.05, 3.63) is 16.0 Å². The summed E-state index contributed by atoms with van der Waals surface area (Å²) in [7, 11) is 0. The van der Waals surface area contributed by atoms with E-state index >= 15 is 0 Å². The number of nitrogens with zero attached hydrogens (tertiary/aromatic N) is 2. The fourth-order valence-electron chi connectivity index (χ4n) is 3.38. The molecule has 2 N–H and O–H groups in total. The Balaban J connectivity index is 2.10. The summed E-state index contributed by atoms with van der Waals surface area (Å²) in [4.78, 5) is 38.0. The van der Waals surface area contributed by atoms with Crippen molar-refractivity contribution >= 4 is 34.1 Å². The molecule has 2 heterocycles. The maximum Gasteiger partial charge on any atom is 0.259 e. The molecule has 0 spiro atoms. The van der Waals surface area contributed by atoms with Gasteiger partial charge in [-0.2, -0.15) is 5.26 Å². The van der Waals surface area contributed by atoms with Gasteiger partial charge in [0.25, 0.3) is 5.91 Å². The van der Waals surface area contributed by atoms with Crippen LogP contribution in [-0.2, 0) is 9.59 Å². The molecule has 1 saturated heterocycles. The topological polar surface area (TPSA) is 104 Å². The standard InChI is InChI=1S/C15H15N3O3S/c1-7-10(6-16)15(22-11(7)12(17)19)18-13(20)8-4-2-3-5-9(8)14(18)21/h8-9H,2-5H2,1H3,(H2,17,19)/t8-,9-/m0/s1. The molecule has 2 atom stereocenters. The van der Waals surface area contributed by atoms with Gasteiger partial charge in [-0.25, -0.2) is 4.90 Å². The van der Waals surface area contributed by atoms with Crippen molar-refractivity contribution in [2.45, 2.75) is 32.6 Å². The van der Waals surface area contributed by atoms with Crippen LogP contribution in [0.5, 0.6) is 0 Å². The number of amides is 3. The lowest BCUT2D eigenvalue weighted by molar-refractivity contribution is -0.122. The molecule has 1 aliphatic carbocycles. The van der Waals surface area contributed by atoms with Crippen molar-refractivity contribution in [3.8, 4) is 6.07 Å². The average molecular weight is 317 g/mol. The third-order valence-corrected chi connectivity index (χ3v) is 5.80. The Morgan fingerprint density at radius 3 is 2.27 bits per heavy atom. The number of imide groups is 1. The fourth-order valence-corrected chi connectivity index (χ4v) is 4.51. The molecule has 3 amide bonds. The smallest absolute Gasteiger partial charge is 0.259 e. The average Bonchev–Trinajstić information content (AvgIpc) is 2.95. The van der Waals surface area contributed by atoms with Crippen LogP contribution in [0, 0.1) is 30.1 Å². The van der Waals surface area contributed by atoms with Gasteiger partial charge in [-0.1, -0.05) is 12.8 Å². The van der Waals surface area contributed by atoms with Crippen LogP contribution in [0.3, 0.4) is 0 Å². The SMILES string of the molecule is Cc1c(C(N)=O)sc(N2C(=O)[C@H]3CCCC[C@@H]3C2=O)c1C#N. The highest BCUT2D eigenvalue weighted by Gasteiger charge is 2.50. The number of thiophene rings is 1. The van der Waals surface area contributed by atoms with E-state index in [9.17, 15) is 19.6 Å². The van der Waals surface area contributed by atoms with E-state index < -0.39 is 5.91 Å². The molecule has 6 nitrogen and oxygen atoms in total. The van der Waals surface area contributed by atoms with Crippen LogP contribution >= 0.6 is 11.3 Å². The number of carbonyl (C=O) groups excluding carboxylic acids is 3. The number of primary amides is 1. The predicted molar refractivity (Wildman–Crippen MR) is 80.2 cm³/mol. The molecule has 1 aromatic rings. The summed E-state index contributed by atoms with van der Waals surface area (Å²) in [6.45, 7) is 1.61. The Morgan fingerprint density at radius 2 is 1.82 bits per heavy atom. The fraction of sp³-hybridized carbons (Fsp3) is 0.467. The zero-order chi connectivity index (χ0) is 16.0.